The summed E-state index contributed by atoms with van der Waals surface area (Å²) < 4.78 is 30.4. The molecule has 135 heavy (non-hydrogen) atoms. The van der Waals surface area contributed by atoms with Gasteiger partial charge in [-0.3, -0.25) is 66.0 Å². The number of hydrogen-bond acceptors (Lipinski definition) is 22. The molecule has 0 aliphatic rings. The Morgan fingerprint density at radius 1 is 0.281 bits per heavy atom. The van der Waals surface area contributed by atoms with Crippen molar-refractivity contribution in [1.29, 1.82) is 0 Å². The van der Waals surface area contributed by atoms with E-state index in [9.17, 15) is 75.9 Å². The minimum Gasteiger partial charge on any atom is -0.465 e. The number of thiophene rings is 7. The van der Waals surface area contributed by atoms with E-state index in [0.717, 1.165) is 69.1 Å². The summed E-state index contributed by atoms with van der Waals surface area (Å²) in [6.07, 6.45) is 0. The van der Waals surface area contributed by atoms with Gasteiger partial charge in [-0.15, -0.1) is 79.4 Å². The molecule has 29 N–H and O–H groups in total. The molecule has 45 heteroatoms. The van der Waals surface area contributed by atoms with Crippen molar-refractivity contribution in [3.05, 3.63) is 292 Å². The lowest BCUT2D eigenvalue weighted by Crippen LogP contribution is -2.28. The van der Waals surface area contributed by atoms with Gasteiger partial charge < -0.3 is 77.6 Å². The standard InChI is InChI=1S/C14H15N3O2S.C13H12ClN3O2S.C13H12FN3O2S.C13H13N3O2S.C13H12N2O3S.C12H10FN3O2S.C12H11N3O2S/c1-2-16-14(19)17-13-10(12(15)18)8-11(20-13)9-6-4-3-5-7-9;1-16-13(19)17-12-9(11(15)18)6-10(20-12)7-3-2-4-8(14)5-7;1-16-13(19)17-12-9(11(15)18)6-10(20-12)7-2-4-8(14)5-3-7;1-15-13(18)16-12-9(11(14)17)7-10(19-12)8-5-3-2-4-6-8;1-18-12(16)9-7-10(8-5-3-2-4-6-8)19-11(9)15-13(14)17;13-7-3-1-6(2-4-7)9-5-8(10(14)17)11(19-9)16-12(15)18;13-10(16)8-6-9(7-4-2-1-3-5-7)18-11(8)15-12(14)17/h3-8H,2H2,1H3,(H2,15,18)(H2,16,17,19);2*2-6H,1H3,(H2,15,18)(H2,16,17,19);2-7H,1H3,(H2,14,17)(H2,15,16,18);2-7H,1H3,(H3,14,15,17);1-5H,(H2,14,17)(H3,15,16,18);1-6H,(H2,13,16)(H3,14,15,17). The fourth-order valence-corrected chi connectivity index (χ4v) is 18.8. The molecule has 20 amide bonds. The number of carbonyl (C=O) groups is 14. The maximum atomic E-state index is 12.9. The molecule has 14 rings (SSSR count). The number of halogens is 3. The number of rotatable bonds is 22. The average molecular weight is 1980 g/mol. The second kappa shape index (κ2) is 50.8. The van der Waals surface area contributed by atoms with Crippen molar-refractivity contribution in [3.63, 3.8) is 0 Å². The largest absolute Gasteiger partial charge is 0.465 e. The summed E-state index contributed by atoms with van der Waals surface area (Å²) in [5.74, 6) is -4.84. The Morgan fingerprint density at radius 3 is 0.719 bits per heavy atom. The van der Waals surface area contributed by atoms with Crippen molar-refractivity contribution in [3.8, 4) is 73.1 Å². The predicted octanol–water partition coefficient (Wildman–Crippen LogP) is 17.1. The molecule has 0 saturated heterocycles. The third-order valence-electron chi connectivity index (χ3n) is 17.4. The van der Waals surface area contributed by atoms with Gasteiger partial charge in [0.05, 0.1) is 46.1 Å². The van der Waals surface area contributed by atoms with E-state index in [0.29, 0.717) is 73.6 Å². The number of carbonyl (C=O) groups excluding carboxylic acids is 14. The molecule has 7 aromatic carbocycles. The van der Waals surface area contributed by atoms with Gasteiger partial charge >= 0.3 is 48.2 Å². The smallest absolute Gasteiger partial charge is 0.340 e. The highest BCUT2D eigenvalue weighted by atomic mass is 35.5. The van der Waals surface area contributed by atoms with E-state index < -0.39 is 71.6 Å². The maximum absolute atomic E-state index is 12.9. The molecule has 0 fully saturated rings. The van der Waals surface area contributed by atoms with Gasteiger partial charge in [-0.1, -0.05) is 169 Å². The van der Waals surface area contributed by atoms with Crippen LogP contribution in [0, 0.1) is 11.6 Å². The highest BCUT2D eigenvalue weighted by molar-refractivity contribution is 7.22. The van der Waals surface area contributed by atoms with E-state index in [-0.39, 0.29) is 51.0 Å². The SMILES string of the molecule is CCNC(=O)Nc1sc(-c2ccccc2)cc1C(N)=O.CNC(=O)Nc1sc(-c2ccc(F)cc2)cc1C(N)=O.CNC(=O)Nc1sc(-c2cccc(Cl)c2)cc1C(N)=O.CNC(=O)Nc1sc(-c2ccccc2)cc1C(N)=O.COC(=O)c1cc(-c2ccccc2)sc1NC(N)=O.NC(=O)Nc1sc(-c2ccc(F)cc2)cc1C(N)=O.NC(=O)Nc1sc(-c2ccccc2)cc1C(N)=O. The first-order chi connectivity index (χ1) is 64.4. The van der Waals surface area contributed by atoms with Crippen molar-refractivity contribution < 1.29 is 80.6 Å². The van der Waals surface area contributed by atoms with Crippen molar-refractivity contribution in [2.45, 2.75) is 6.92 Å². The Balaban J connectivity index is 0.000000194. The first-order valence-electron chi connectivity index (χ1n) is 39.0. The van der Waals surface area contributed by atoms with Crippen LogP contribution in [0.1, 0.15) is 79.4 Å². The number of anilines is 7. The lowest BCUT2D eigenvalue weighted by atomic mass is 10.1. The number of primary amides is 9. The number of esters is 1. The fourth-order valence-electron chi connectivity index (χ4n) is 11.2. The minimum absolute atomic E-state index is 0.170. The molecule has 7 aromatic heterocycles. The molecule has 0 unspecified atom stereocenters. The topological polar surface area (TPSA) is 615 Å². The molecule has 35 nitrogen and oxygen atoms in total. The van der Waals surface area contributed by atoms with Crippen LogP contribution in [0.3, 0.4) is 0 Å². The van der Waals surface area contributed by atoms with E-state index >= 15 is 0 Å². The fraction of sp³-hybridized carbons (Fsp3) is 0.0667. The zero-order chi connectivity index (χ0) is 98.7. The van der Waals surface area contributed by atoms with Crippen LogP contribution >= 0.6 is 91.0 Å². The molecule has 7 heterocycles. The zero-order valence-electron chi connectivity index (χ0n) is 71.5. The van der Waals surface area contributed by atoms with Crippen LogP contribution < -0.4 is 110 Å². The molecule has 0 bridgehead atoms. The molecule has 0 radical (unpaired) electrons. The molecule has 0 aliphatic heterocycles. The highest BCUT2D eigenvalue weighted by Gasteiger charge is 2.25. The average Bonchev–Trinajstić information content (AvgIpc) is 1.70. The number of nitrogens with two attached hydrogens (primary N) is 9. The first-order valence-corrected chi connectivity index (χ1v) is 45.0. The van der Waals surface area contributed by atoms with Crippen molar-refractivity contribution in [2.24, 2.45) is 51.6 Å². The van der Waals surface area contributed by atoms with Crippen molar-refractivity contribution in [1.82, 2.24) is 21.3 Å². The second-order valence-electron chi connectivity index (χ2n) is 26.7. The Morgan fingerprint density at radius 2 is 0.496 bits per heavy atom. The number of ether oxygens (including phenoxy) is 1. The van der Waals surface area contributed by atoms with Gasteiger partial charge in [0.1, 0.15) is 46.6 Å². The maximum Gasteiger partial charge on any atom is 0.340 e. The van der Waals surface area contributed by atoms with Crippen molar-refractivity contribution >= 4 is 210 Å². The Hall–Kier alpha value is -16.2. The summed E-state index contributed by atoms with van der Waals surface area (Å²) in [5.41, 5.74) is 54.9. The molecular formula is C90H85ClF2N20O15S7. The van der Waals surface area contributed by atoms with Gasteiger partial charge in [-0.25, -0.2) is 47.1 Å². The number of nitrogens with one attached hydrogen (secondary N) is 11. The van der Waals surface area contributed by atoms with E-state index in [1.807, 2.05) is 140 Å². The number of hydrogen-bond donors (Lipinski definition) is 20. The van der Waals surface area contributed by atoms with Gasteiger partial charge in [-0.2, -0.15) is 0 Å². The Bertz CT molecular complexity index is 6600. The molecule has 0 atom stereocenters. The normalized spacial score (nSPS) is 10.0. The molecule has 0 saturated carbocycles. The van der Waals surface area contributed by atoms with Gasteiger partial charge in [0.25, 0.3) is 35.4 Å². The summed E-state index contributed by atoms with van der Waals surface area (Å²) in [4.78, 5) is 164. The number of methoxy groups -OCH3 is 1. The van der Waals surface area contributed by atoms with Crippen LogP contribution in [-0.4, -0.2) is 118 Å². The Kier molecular flexibility index (Phi) is 39.2. The Labute approximate surface area is 801 Å². The second-order valence-corrected chi connectivity index (χ2v) is 34.5. The summed E-state index contributed by atoms with van der Waals surface area (Å²) in [6.45, 7) is 2.33. The molecule has 0 spiro atoms. The number of benzene rings is 7. The van der Waals surface area contributed by atoms with Crippen LogP contribution in [0.15, 0.2) is 237 Å². The van der Waals surface area contributed by atoms with Crippen molar-refractivity contribution in [2.75, 3.05) is 72.0 Å². The lowest BCUT2D eigenvalue weighted by molar-refractivity contribution is 0.0601. The molecule has 0 aliphatic carbocycles. The zero-order valence-corrected chi connectivity index (χ0v) is 78.0. The highest BCUT2D eigenvalue weighted by Crippen LogP contribution is 2.42. The predicted molar refractivity (Wildman–Crippen MR) is 532 cm³/mol. The first kappa shape index (κ1) is 104. The van der Waals surface area contributed by atoms with Gasteiger partial charge in [0.15, 0.2) is 0 Å². The number of urea groups is 7. The molecule has 698 valence electrons. The third kappa shape index (κ3) is 31.2. The summed E-state index contributed by atoms with van der Waals surface area (Å²) in [6, 6.07) is 64.7. The quantitative estimate of drug-likeness (QED) is 0.0280. The molecule has 14 aromatic rings. The van der Waals surface area contributed by atoms with Crippen LogP contribution in [0.5, 0.6) is 0 Å². The monoisotopic (exact) mass is 1980 g/mol. The van der Waals surface area contributed by atoms with E-state index in [1.54, 1.807) is 72.8 Å². The minimum atomic E-state index is -0.782. The van der Waals surface area contributed by atoms with Crippen LogP contribution in [0.4, 0.5) is 77.4 Å². The van der Waals surface area contributed by atoms with Gasteiger partial charge in [-0.05, 0) is 125 Å². The van der Waals surface area contributed by atoms with Crippen LogP contribution in [0.2, 0.25) is 5.02 Å². The van der Waals surface area contributed by atoms with E-state index in [1.165, 1.54) is 127 Å². The van der Waals surface area contributed by atoms with Gasteiger partial charge in [0, 0.05) is 66.9 Å². The van der Waals surface area contributed by atoms with Gasteiger partial charge in [0.2, 0.25) is 0 Å². The van der Waals surface area contributed by atoms with Crippen LogP contribution in [0.25, 0.3) is 73.1 Å². The molecular weight excluding hydrogens is 1900 g/mol. The third-order valence-corrected chi connectivity index (χ3v) is 25.3. The van der Waals surface area contributed by atoms with E-state index in [4.69, 9.17) is 63.2 Å². The summed E-state index contributed by atoms with van der Waals surface area (Å²) in [5, 5.41) is 30.7. The number of amides is 20. The lowest BCUT2D eigenvalue weighted by Gasteiger charge is -2.04. The van der Waals surface area contributed by atoms with Crippen LogP contribution in [-0.2, 0) is 4.74 Å². The summed E-state index contributed by atoms with van der Waals surface area (Å²) >= 11 is 14.7. The summed E-state index contributed by atoms with van der Waals surface area (Å²) in [7, 11) is 5.75. The van der Waals surface area contributed by atoms with E-state index in [2.05, 4.69) is 63.2 Å².